The Morgan fingerprint density at radius 2 is 2.00 bits per heavy atom. The van der Waals surface area contributed by atoms with E-state index in [1.807, 2.05) is 37.3 Å². The molecule has 2 atom stereocenters. The predicted molar refractivity (Wildman–Crippen MR) is 69.5 cm³/mol. The average molecular weight is 252 g/mol. The monoisotopic (exact) mass is 252 g/mol. The Morgan fingerprint density at radius 1 is 1.28 bits per heavy atom. The van der Waals surface area contributed by atoms with Crippen LogP contribution in [0, 0.1) is 0 Å². The Bertz CT molecular complexity index is 376. The Morgan fingerprint density at radius 3 is 2.61 bits per heavy atom. The molecule has 1 aromatic rings. The number of allylic oxidation sites excluding steroid dienone is 1. The highest BCUT2D eigenvalue weighted by molar-refractivity contribution is 5.36. The van der Waals surface area contributed by atoms with Crippen LogP contribution in [-0.4, -0.2) is 32.2 Å². The molecule has 0 heterocycles. The van der Waals surface area contributed by atoms with Crippen molar-refractivity contribution in [1.82, 2.24) is 0 Å². The smallest absolute Gasteiger partial charge is 0.147 e. The maximum Gasteiger partial charge on any atom is 0.147 e. The summed E-state index contributed by atoms with van der Waals surface area (Å²) in [4.78, 5) is 0. The van der Waals surface area contributed by atoms with Crippen LogP contribution in [0.3, 0.4) is 0 Å². The molecule has 0 unspecified atom stereocenters. The highest BCUT2D eigenvalue weighted by atomic mass is 16.7. The van der Waals surface area contributed by atoms with Crippen molar-refractivity contribution in [3.63, 3.8) is 0 Å². The van der Waals surface area contributed by atoms with Gasteiger partial charge in [-0.2, -0.15) is 0 Å². The standard InChI is InChI=1S/C14H20O4/c1-4-7-13(18-10-16-2)14(15)11-8-5-6-9-12(11)17-3/h4-9,13-15H,10H2,1-3H3/b7-4+/t13-,14-/m1/s1. The van der Waals surface area contributed by atoms with E-state index < -0.39 is 12.2 Å². The van der Waals surface area contributed by atoms with Crippen LogP contribution < -0.4 is 4.74 Å². The Labute approximate surface area is 108 Å². The van der Waals surface area contributed by atoms with Crippen LogP contribution in [0.2, 0.25) is 0 Å². The van der Waals surface area contributed by atoms with E-state index in [-0.39, 0.29) is 6.79 Å². The van der Waals surface area contributed by atoms with Crippen LogP contribution in [0.4, 0.5) is 0 Å². The second-order valence-corrected chi connectivity index (χ2v) is 3.75. The largest absolute Gasteiger partial charge is 0.496 e. The van der Waals surface area contributed by atoms with E-state index in [4.69, 9.17) is 14.2 Å². The molecule has 4 heteroatoms. The minimum atomic E-state index is -0.799. The van der Waals surface area contributed by atoms with E-state index in [2.05, 4.69) is 0 Å². The van der Waals surface area contributed by atoms with Crippen molar-refractivity contribution in [2.75, 3.05) is 21.0 Å². The number of aliphatic hydroxyl groups is 1. The second kappa shape index (κ2) is 7.87. The molecule has 100 valence electrons. The van der Waals surface area contributed by atoms with E-state index in [0.717, 1.165) is 0 Å². The van der Waals surface area contributed by atoms with Crippen LogP contribution in [0.25, 0.3) is 0 Å². The molecule has 0 radical (unpaired) electrons. The van der Waals surface area contributed by atoms with E-state index in [9.17, 15) is 5.11 Å². The number of aliphatic hydroxyl groups excluding tert-OH is 1. The number of para-hydroxylation sites is 1. The highest BCUT2D eigenvalue weighted by Gasteiger charge is 2.22. The van der Waals surface area contributed by atoms with Gasteiger partial charge in [-0.3, -0.25) is 0 Å². The average Bonchev–Trinajstić information content (AvgIpc) is 2.42. The van der Waals surface area contributed by atoms with Gasteiger partial charge in [0.2, 0.25) is 0 Å². The molecule has 0 bridgehead atoms. The summed E-state index contributed by atoms with van der Waals surface area (Å²) < 4.78 is 15.5. The number of ether oxygens (including phenoxy) is 3. The molecule has 0 aliphatic rings. The van der Waals surface area contributed by atoms with Gasteiger partial charge in [0.25, 0.3) is 0 Å². The first kappa shape index (κ1) is 14.7. The molecule has 1 aromatic carbocycles. The van der Waals surface area contributed by atoms with E-state index >= 15 is 0 Å². The summed E-state index contributed by atoms with van der Waals surface area (Å²) in [6.45, 7) is 2.00. The summed E-state index contributed by atoms with van der Waals surface area (Å²) in [7, 11) is 3.12. The number of benzene rings is 1. The van der Waals surface area contributed by atoms with Crippen molar-refractivity contribution in [1.29, 1.82) is 0 Å². The lowest BCUT2D eigenvalue weighted by Gasteiger charge is -2.22. The molecule has 0 aromatic heterocycles. The molecule has 18 heavy (non-hydrogen) atoms. The van der Waals surface area contributed by atoms with Crippen LogP contribution in [-0.2, 0) is 9.47 Å². The maximum absolute atomic E-state index is 10.3. The number of hydrogen-bond acceptors (Lipinski definition) is 4. The topological polar surface area (TPSA) is 47.9 Å². The molecule has 0 aliphatic carbocycles. The van der Waals surface area contributed by atoms with Crippen molar-refractivity contribution in [3.8, 4) is 5.75 Å². The number of rotatable bonds is 7. The first-order valence-corrected chi connectivity index (χ1v) is 5.79. The molecule has 0 spiro atoms. The molecule has 0 fully saturated rings. The number of hydrogen-bond donors (Lipinski definition) is 1. The molecule has 0 amide bonds. The highest BCUT2D eigenvalue weighted by Crippen LogP contribution is 2.28. The van der Waals surface area contributed by atoms with Crippen molar-refractivity contribution >= 4 is 0 Å². The number of methoxy groups -OCH3 is 2. The minimum Gasteiger partial charge on any atom is -0.496 e. The van der Waals surface area contributed by atoms with E-state index in [1.54, 1.807) is 20.3 Å². The van der Waals surface area contributed by atoms with Crippen molar-refractivity contribution in [2.24, 2.45) is 0 Å². The lowest BCUT2D eigenvalue weighted by Crippen LogP contribution is -2.21. The first-order valence-electron chi connectivity index (χ1n) is 5.79. The normalized spacial score (nSPS) is 14.7. The third-order valence-electron chi connectivity index (χ3n) is 2.53. The van der Waals surface area contributed by atoms with Gasteiger partial charge in [-0.1, -0.05) is 30.4 Å². The van der Waals surface area contributed by atoms with Crippen LogP contribution in [0.1, 0.15) is 18.6 Å². The van der Waals surface area contributed by atoms with Gasteiger partial charge >= 0.3 is 0 Å². The van der Waals surface area contributed by atoms with Gasteiger partial charge < -0.3 is 19.3 Å². The minimum absolute atomic E-state index is 0.126. The fourth-order valence-corrected chi connectivity index (χ4v) is 1.68. The van der Waals surface area contributed by atoms with Crippen LogP contribution >= 0.6 is 0 Å². The van der Waals surface area contributed by atoms with Crippen molar-refractivity contribution < 1.29 is 19.3 Å². The van der Waals surface area contributed by atoms with Gasteiger partial charge in [0.05, 0.1) is 7.11 Å². The van der Waals surface area contributed by atoms with Gasteiger partial charge in [0, 0.05) is 12.7 Å². The van der Waals surface area contributed by atoms with Crippen molar-refractivity contribution in [2.45, 2.75) is 19.1 Å². The van der Waals surface area contributed by atoms with Gasteiger partial charge in [-0.15, -0.1) is 0 Å². The Balaban J connectivity index is 2.90. The lowest BCUT2D eigenvalue weighted by molar-refractivity contribution is -0.0945. The zero-order valence-corrected chi connectivity index (χ0v) is 11.0. The molecule has 4 nitrogen and oxygen atoms in total. The second-order valence-electron chi connectivity index (χ2n) is 3.75. The molecule has 0 saturated carbocycles. The first-order chi connectivity index (χ1) is 8.74. The van der Waals surface area contributed by atoms with E-state index in [0.29, 0.717) is 11.3 Å². The molecular weight excluding hydrogens is 232 g/mol. The zero-order valence-electron chi connectivity index (χ0n) is 11.0. The molecular formula is C14H20O4. The Kier molecular flexibility index (Phi) is 6.43. The summed E-state index contributed by atoms with van der Waals surface area (Å²) in [6.07, 6.45) is 2.36. The fraction of sp³-hybridized carbons (Fsp3) is 0.429. The van der Waals surface area contributed by atoms with Gasteiger partial charge in [0.1, 0.15) is 24.8 Å². The Hall–Kier alpha value is -1.36. The van der Waals surface area contributed by atoms with Gasteiger partial charge in [-0.05, 0) is 13.0 Å². The van der Waals surface area contributed by atoms with Gasteiger partial charge in [0.15, 0.2) is 0 Å². The summed E-state index contributed by atoms with van der Waals surface area (Å²) in [5.74, 6) is 0.639. The summed E-state index contributed by atoms with van der Waals surface area (Å²) >= 11 is 0. The molecule has 1 rings (SSSR count). The third-order valence-corrected chi connectivity index (χ3v) is 2.53. The van der Waals surface area contributed by atoms with Crippen LogP contribution in [0.15, 0.2) is 36.4 Å². The molecule has 0 aliphatic heterocycles. The molecule has 0 saturated heterocycles. The van der Waals surface area contributed by atoms with Crippen molar-refractivity contribution in [3.05, 3.63) is 42.0 Å². The summed E-state index contributed by atoms with van der Waals surface area (Å²) in [6, 6.07) is 7.33. The third kappa shape index (κ3) is 3.84. The predicted octanol–water partition coefficient (Wildman–Crippen LogP) is 2.29. The zero-order chi connectivity index (χ0) is 13.4. The molecule has 1 N–H and O–H groups in total. The summed E-state index contributed by atoms with van der Waals surface area (Å²) in [5, 5.41) is 10.3. The lowest BCUT2D eigenvalue weighted by atomic mass is 10.0. The SMILES string of the molecule is C/C=C/[C@@H](OCOC)[C@H](O)c1ccccc1OC. The van der Waals surface area contributed by atoms with Crippen LogP contribution in [0.5, 0.6) is 5.75 Å². The van der Waals surface area contributed by atoms with Gasteiger partial charge in [-0.25, -0.2) is 0 Å². The maximum atomic E-state index is 10.3. The quantitative estimate of drug-likeness (QED) is 0.597. The summed E-state index contributed by atoms with van der Waals surface area (Å²) in [5.41, 5.74) is 0.694. The van der Waals surface area contributed by atoms with E-state index in [1.165, 1.54) is 0 Å². The fourth-order valence-electron chi connectivity index (χ4n) is 1.68.